The van der Waals surface area contributed by atoms with Gasteiger partial charge in [0.15, 0.2) is 0 Å². The van der Waals surface area contributed by atoms with Gasteiger partial charge in [-0.05, 0) is 18.1 Å². The molecule has 2 heterocycles. The lowest BCUT2D eigenvalue weighted by atomic mass is 10.1. The van der Waals surface area contributed by atoms with E-state index in [-0.39, 0.29) is 11.9 Å². The van der Waals surface area contributed by atoms with Gasteiger partial charge in [-0.3, -0.25) is 14.7 Å². The summed E-state index contributed by atoms with van der Waals surface area (Å²) in [6, 6.07) is 4.25. The van der Waals surface area contributed by atoms with Crippen molar-refractivity contribution >= 4 is 5.91 Å². The summed E-state index contributed by atoms with van der Waals surface area (Å²) in [6.07, 6.45) is 4.63. The second kappa shape index (κ2) is 7.21. The minimum absolute atomic E-state index is 0.109. The van der Waals surface area contributed by atoms with E-state index in [2.05, 4.69) is 33.5 Å². The number of piperazine rings is 1. The highest BCUT2D eigenvalue weighted by Gasteiger charge is 2.25. The Balaban J connectivity index is 1.98. The average Bonchev–Trinajstić information content (AvgIpc) is 2.46. The first-order valence-corrected chi connectivity index (χ1v) is 6.92. The predicted octanol–water partition coefficient (Wildman–Crippen LogP) is 0.554. The van der Waals surface area contributed by atoms with E-state index in [0.29, 0.717) is 6.54 Å². The number of nitrogens with zero attached hydrogens (tertiary/aromatic N) is 2. The fraction of sp³-hybridized carbons (Fsp3) is 0.571. The van der Waals surface area contributed by atoms with Crippen LogP contribution in [0.4, 0.5) is 0 Å². The van der Waals surface area contributed by atoms with Crippen molar-refractivity contribution in [3.63, 3.8) is 0 Å². The molecule has 104 valence electrons. The van der Waals surface area contributed by atoms with Crippen LogP contribution in [0.5, 0.6) is 0 Å². The third-order valence-corrected chi connectivity index (χ3v) is 3.34. The number of rotatable bonds is 5. The Kier molecular flexibility index (Phi) is 5.30. The van der Waals surface area contributed by atoms with Crippen molar-refractivity contribution in [1.82, 2.24) is 20.5 Å². The van der Waals surface area contributed by atoms with Crippen LogP contribution in [-0.4, -0.2) is 48.5 Å². The zero-order valence-corrected chi connectivity index (χ0v) is 11.4. The lowest BCUT2D eigenvalue weighted by Crippen LogP contribution is -2.49. The molecule has 1 unspecified atom stereocenters. The number of aromatic nitrogens is 1. The number of hydrogen-bond donors (Lipinski definition) is 2. The number of pyridine rings is 1. The van der Waals surface area contributed by atoms with Gasteiger partial charge in [0.05, 0.1) is 6.54 Å². The van der Waals surface area contributed by atoms with E-state index < -0.39 is 0 Å². The molecule has 1 atom stereocenters. The van der Waals surface area contributed by atoms with Crippen LogP contribution in [0.25, 0.3) is 0 Å². The Hall–Kier alpha value is -1.46. The van der Waals surface area contributed by atoms with Crippen LogP contribution in [0.15, 0.2) is 24.5 Å². The van der Waals surface area contributed by atoms with E-state index >= 15 is 0 Å². The maximum absolute atomic E-state index is 11.9. The molecule has 1 saturated heterocycles. The van der Waals surface area contributed by atoms with Crippen molar-refractivity contribution in [1.29, 1.82) is 0 Å². The van der Waals surface area contributed by atoms with E-state index in [1.807, 2.05) is 12.3 Å². The standard InChI is InChI=1S/C14H22N4O/c1-2-5-17-14(19)11-18-8-7-16-10-13(18)12-4-3-6-15-9-12/h3-4,6,9,13,16H,2,5,7-8,10-11H2,1H3,(H,17,19). The lowest BCUT2D eigenvalue weighted by molar-refractivity contribution is -0.123. The maximum Gasteiger partial charge on any atom is 0.234 e. The Labute approximate surface area is 114 Å². The zero-order chi connectivity index (χ0) is 13.5. The first-order chi connectivity index (χ1) is 9.31. The zero-order valence-electron chi connectivity index (χ0n) is 11.4. The molecule has 0 aromatic carbocycles. The van der Waals surface area contributed by atoms with Gasteiger partial charge in [0, 0.05) is 44.6 Å². The Bertz CT molecular complexity index is 396. The molecule has 1 amide bonds. The van der Waals surface area contributed by atoms with Gasteiger partial charge in [-0.1, -0.05) is 13.0 Å². The minimum atomic E-state index is 0.109. The highest BCUT2D eigenvalue weighted by Crippen LogP contribution is 2.20. The second-order valence-corrected chi connectivity index (χ2v) is 4.83. The van der Waals surface area contributed by atoms with Crippen LogP contribution < -0.4 is 10.6 Å². The summed E-state index contributed by atoms with van der Waals surface area (Å²) in [5.74, 6) is 0.109. The molecule has 1 aliphatic heterocycles. The number of nitrogens with one attached hydrogen (secondary N) is 2. The van der Waals surface area contributed by atoms with Gasteiger partial charge < -0.3 is 10.6 Å². The number of carbonyl (C=O) groups excluding carboxylic acids is 1. The monoisotopic (exact) mass is 262 g/mol. The van der Waals surface area contributed by atoms with Crippen LogP contribution in [0, 0.1) is 0 Å². The second-order valence-electron chi connectivity index (χ2n) is 4.83. The molecule has 0 radical (unpaired) electrons. The van der Waals surface area contributed by atoms with Gasteiger partial charge in [0.2, 0.25) is 5.91 Å². The topological polar surface area (TPSA) is 57.3 Å². The van der Waals surface area contributed by atoms with E-state index in [0.717, 1.165) is 38.2 Å². The molecule has 19 heavy (non-hydrogen) atoms. The van der Waals surface area contributed by atoms with Crippen LogP contribution in [0.3, 0.4) is 0 Å². The molecule has 0 spiro atoms. The van der Waals surface area contributed by atoms with Gasteiger partial charge >= 0.3 is 0 Å². The highest BCUT2D eigenvalue weighted by molar-refractivity contribution is 5.78. The molecule has 1 aromatic rings. The summed E-state index contributed by atoms with van der Waals surface area (Å²) in [5, 5.41) is 6.31. The summed E-state index contributed by atoms with van der Waals surface area (Å²) in [6.45, 7) is 5.96. The van der Waals surface area contributed by atoms with Crippen molar-refractivity contribution < 1.29 is 4.79 Å². The normalized spacial score (nSPS) is 20.2. The van der Waals surface area contributed by atoms with Crippen molar-refractivity contribution in [3.05, 3.63) is 30.1 Å². The van der Waals surface area contributed by atoms with Crippen LogP contribution in [0.1, 0.15) is 24.9 Å². The molecule has 1 fully saturated rings. The molecule has 2 N–H and O–H groups in total. The van der Waals surface area contributed by atoms with Crippen molar-refractivity contribution in [2.45, 2.75) is 19.4 Å². The average molecular weight is 262 g/mol. The summed E-state index contributed by atoms with van der Waals surface area (Å²) in [4.78, 5) is 18.2. The quantitative estimate of drug-likeness (QED) is 0.814. The van der Waals surface area contributed by atoms with Crippen molar-refractivity contribution in [3.8, 4) is 0 Å². The molecule has 0 aliphatic carbocycles. The smallest absolute Gasteiger partial charge is 0.234 e. The summed E-state index contributed by atoms with van der Waals surface area (Å²) in [5.41, 5.74) is 1.16. The summed E-state index contributed by atoms with van der Waals surface area (Å²) >= 11 is 0. The van der Waals surface area contributed by atoms with E-state index in [1.54, 1.807) is 6.20 Å². The van der Waals surface area contributed by atoms with Crippen molar-refractivity contribution in [2.24, 2.45) is 0 Å². The molecule has 5 heteroatoms. The maximum atomic E-state index is 11.9. The van der Waals surface area contributed by atoms with Gasteiger partial charge in [0.1, 0.15) is 0 Å². The molecule has 2 rings (SSSR count). The Morgan fingerprint density at radius 1 is 1.63 bits per heavy atom. The number of hydrogen-bond acceptors (Lipinski definition) is 4. The molecule has 1 aromatic heterocycles. The number of carbonyl (C=O) groups is 1. The SMILES string of the molecule is CCCNC(=O)CN1CCNCC1c1cccnc1. The molecular weight excluding hydrogens is 240 g/mol. The van der Waals surface area contributed by atoms with E-state index in [9.17, 15) is 4.79 Å². The van der Waals surface area contributed by atoms with Gasteiger partial charge in [-0.2, -0.15) is 0 Å². The van der Waals surface area contributed by atoms with E-state index in [1.165, 1.54) is 0 Å². The first kappa shape index (κ1) is 14.0. The molecular formula is C14H22N4O. The summed E-state index contributed by atoms with van der Waals surface area (Å²) in [7, 11) is 0. The molecule has 1 aliphatic rings. The Morgan fingerprint density at radius 2 is 2.53 bits per heavy atom. The summed E-state index contributed by atoms with van der Waals surface area (Å²) < 4.78 is 0. The highest BCUT2D eigenvalue weighted by atomic mass is 16.2. The molecule has 0 bridgehead atoms. The fourth-order valence-corrected chi connectivity index (χ4v) is 2.34. The van der Waals surface area contributed by atoms with Crippen LogP contribution >= 0.6 is 0 Å². The largest absolute Gasteiger partial charge is 0.355 e. The first-order valence-electron chi connectivity index (χ1n) is 6.92. The van der Waals surface area contributed by atoms with Crippen molar-refractivity contribution in [2.75, 3.05) is 32.7 Å². The minimum Gasteiger partial charge on any atom is -0.355 e. The van der Waals surface area contributed by atoms with Gasteiger partial charge in [-0.25, -0.2) is 0 Å². The van der Waals surface area contributed by atoms with Crippen LogP contribution in [0.2, 0.25) is 0 Å². The lowest BCUT2D eigenvalue weighted by Gasteiger charge is -2.35. The molecule has 5 nitrogen and oxygen atoms in total. The third kappa shape index (κ3) is 4.01. The third-order valence-electron chi connectivity index (χ3n) is 3.34. The van der Waals surface area contributed by atoms with Gasteiger partial charge in [-0.15, -0.1) is 0 Å². The number of amides is 1. The van der Waals surface area contributed by atoms with E-state index in [4.69, 9.17) is 0 Å². The van der Waals surface area contributed by atoms with Gasteiger partial charge in [0.25, 0.3) is 0 Å². The Morgan fingerprint density at radius 3 is 3.26 bits per heavy atom. The fourth-order valence-electron chi connectivity index (χ4n) is 2.34. The van der Waals surface area contributed by atoms with Crippen LogP contribution in [-0.2, 0) is 4.79 Å². The predicted molar refractivity (Wildman–Crippen MR) is 74.7 cm³/mol. The molecule has 0 saturated carbocycles.